The van der Waals surface area contributed by atoms with E-state index in [0.29, 0.717) is 5.13 Å². The highest BCUT2D eigenvalue weighted by molar-refractivity contribution is 7.81. The fourth-order valence-electron chi connectivity index (χ4n) is 0.778. The Morgan fingerprint density at radius 3 is 3.00 bits per heavy atom. The third-order valence-electron chi connectivity index (χ3n) is 1.32. The Balaban J connectivity index is 2.53. The number of thiol groups is 1. The molecule has 0 aliphatic heterocycles. The van der Waals surface area contributed by atoms with Crippen LogP contribution in [0.25, 0.3) is 0 Å². The van der Waals surface area contributed by atoms with Gasteiger partial charge < -0.3 is 0 Å². The van der Waals surface area contributed by atoms with Crippen LogP contribution in [-0.2, 0) is 11.2 Å². The number of aryl methyl sites for hydroxylation is 1. The zero-order valence-corrected chi connectivity index (χ0v) is 8.99. The van der Waals surface area contributed by atoms with E-state index in [0.717, 1.165) is 17.8 Å². The Morgan fingerprint density at radius 2 is 2.38 bits per heavy atom. The molecule has 1 rings (SSSR count). The van der Waals surface area contributed by atoms with Gasteiger partial charge in [-0.1, -0.05) is 18.3 Å². The van der Waals surface area contributed by atoms with Gasteiger partial charge in [0.05, 0.1) is 5.75 Å². The van der Waals surface area contributed by atoms with Crippen molar-refractivity contribution in [2.75, 3.05) is 11.1 Å². The number of amides is 1. The predicted octanol–water partition coefficient (Wildman–Crippen LogP) is 1.36. The molecule has 0 fully saturated rings. The average Bonchev–Trinajstić information content (AvgIpc) is 2.53. The van der Waals surface area contributed by atoms with E-state index in [1.807, 2.05) is 0 Å². The molecule has 72 valence electrons. The molecule has 4 nitrogen and oxygen atoms in total. The molecule has 6 heteroatoms. The van der Waals surface area contributed by atoms with Crippen LogP contribution in [0.15, 0.2) is 0 Å². The summed E-state index contributed by atoms with van der Waals surface area (Å²) in [4.78, 5) is 10.9. The zero-order valence-electron chi connectivity index (χ0n) is 7.28. The third-order valence-corrected chi connectivity index (χ3v) is 2.51. The van der Waals surface area contributed by atoms with Crippen LogP contribution in [0.3, 0.4) is 0 Å². The molecule has 0 bridgehead atoms. The number of hydrogen-bond donors (Lipinski definition) is 2. The number of carbonyl (C=O) groups is 1. The molecule has 0 aromatic carbocycles. The molecule has 1 aromatic rings. The first kappa shape index (κ1) is 10.5. The Bertz CT molecular complexity index is 287. The molecule has 0 atom stereocenters. The number of rotatable bonds is 4. The Labute approximate surface area is 86.2 Å². The summed E-state index contributed by atoms with van der Waals surface area (Å²) >= 11 is 5.25. The maximum absolute atomic E-state index is 10.9. The van der Waals surface area contributed by atoms with Crippen LogP contribution in [0.1, 0.15) is 18.4 Å². The molecule has 1 N–H and O–H groups in total. The largest absolute Gasteiger partial charge is 0.300 e. The molecule has 1 heterocycles. The van der Waals surface area contributed by atoms with Crippen molar-refractivity contribution < 1.29 is 4.79 Å². The standard InChI is InChI=1S/C7H11N3OS2/c1-2-3-6-9-10-7(13-6)8-5(11)4-12/h12H,2-4H2,1H3,(H,8,10,11). The third kappa shape index (κ3) is 3.31. The van der Waals surface area contributed by atoms with E-state index in [-0.39, 0.29) is 11.7 Å². The van der Waals surface area contributed by atoms with Crippen molar-refractivity contribution in [3.8, 4) is 0 Å². The molecular weight excluding hydrogens is 206 g/mol. The van der Waals surface area contributed by atoms with E-state index < -0.39 is 0 Å². The normalized spacial score (nSPS) is 10.0. The number of carbonyl (C=O) groups excluding carboxylic acids is 1. The minimum Gasteiger partial charge on any atom is -0.300 e. The molecule has 0 saturated carbocycles. The van der Waals surface area contributed by atoms with Crippen LogP contribution >= 0.6 is 24.0 Å². The summed E-state index contributed by atoms with van der Waals surface area (Å²) in [7, 11) is 0. The van der Waals surface area contributed by atoms with Crippen molar-refractivity contribution in [2.45, 2.75) is 19.8 Å². The maximum Gasteiger partial charge on any atom is 0.235 e. The summed E-state index contributed by atoms with van der Waals surface area (Å²) in [5.74, 6) is 0.0189. The van der Waals surface area contributed by atoms with Crippen molar-refractivity contribution in [3.63, 3.8) is 0 Å². The van der Waals surface area contributed by atoms with Gasteiger partial charge in [-0.3, -0.25) is 10.1 Å². The number of aromatic nitrogens is 2. The second-order valence-corrected chi connectivity index (χ2v) is 3.84. The van der Waals surface area contributed by atoms with Gasteiger partial charge in [-0.25, -0.2) is 0 Å². The molecule has 0 aliphatic rings. The molecule has 13 heavy (non-hydrogen) atoms. The molecule has 0 radical (unpaired) electrons. The van der Waals surface area contributed by atoms with E-state index >= 15 is 0 Å². The molecule has 1 amide bonds. The van der Waals surface area contributed by atoms with Crippen molar-refractivity contribution >= 4 is 35.0 Å². The second kappa shape index (κ2) is 5.18. The first-order chi connectivity index (χ1) is 6.26. The molecule has 0 aliphatic carbocycles. The second-order valence-electron chi connectivity index (χ2n) is 2.46. The highest BCUT2D eigenvalue weighted by Gasteiger charge is 2.05. The van der Waals surface area contributed by atoms with Gasteiger partial charge in [0, 0.05) is 6.42 Å². The van der Waals surface area contributed by atoms with Crippen molar-refractivity contribution in [1.29, 1.82) is 0 Å². The number of nitrogens with one attached hydrogen (secondary N) is 1. The molecular formula is C7H11N3OS2. The highest BCUT2D eigenvalue weighted by atomic mass is 32.1. The van der Waals surface area contributed by atoms with E-state index in [1.54, 1.807) is 0 Å². The van der Waals surface area contributed by atoms with E-state index in [4.69, 9.17) is 0 Å². The zero-order chi connectivity index (χ0) is 9.68. The number of hydrogen-bond acceptors (Lipinski definition) is 5. The SMILES string of the molecule is CCCc1nnc(NC(=O)CS)s1. The quantitative estimate of drug-likeness (QED) is 0.749. The van der Waals surface area contributed by atoms with Gasteiger partial charge >= 0.3 is 0 Å². The molecule has 0 saturated heterocycles. The maximum atomic E-state index is 10.9. The lowest BCUT2D eigenvalue weighted by Crippen LogP contribution is -2.12. The topological polar surface area (TPSA) is 54.9 Å². The lowest BCUT2D eigenvalue weighted by Gasteiger charge is -1.94. The summed E-state index contributed by atoms with van der Waals surface area (Å²) in [6.45, 7) is 2.08. The predicted molar refractivity (Wildman–Crippen MR) is 56.4 cm³/mol. The number of nitrogens with zero attached hydrogens (tertiary/aromatic N) is 2. The smallest absolute Gasteiger partial charge is 0.235 e. The van der Waals surface area contributed by atoms with Gasteiger partial charge in [0.15, 0.2) is 0 Å². The summed E-state index contributed by atoms with van der Waals surface area (Å²) in [6.07, 6.45) is 1.95. The fourth-order valence-corrected chi connectivity index (χ4v) is 1.71. The van der Waals surface area contributed by atoms with Gasteiger partial charge in [0.1, 0.15) is 5.01 Å². The Hall–Kier alpha value is -0.620. The van der Waals surface area contributed by atoms with Crippen LogP contribution in [-0.4, -0.2) is 21.9 Å². The van der Waals surface area contributed by atoms with Gasteiger partial charge in [0.2, 0.25) is 11.0 Å². The first-order valence-electron chi connectivity index (χ1n) is 3.99. The lowest BCUT2D eigenvalue weighted by atomic mass is 10.4. The van der Waals surface area contributed by atoms with E-state index in [1.165, 1.54) is 11.3 Å². The van der Waals surface area contributed by atoms with E-state index in [9.17, 15) is 4.79 Å². The van der Waals surface area contributed by atoms with Gasteiger partial charge in [-0.05, 0) is 6.42 Å². The Kier molecular flexibility index (Phi) is 4.17. The minimum atomic E-state index is -0.150. The molecule has 0 unspecified atom stereocenters. The van der Waals surface area contributed by atoms with Crippen LogP contribution in [0.2, 0.25) is 0 Å². The Morgan fingerprint density at radius 1 is 1.62 bits per heavy atom. The summed E-state index contributed by atoms with van der Waals surface area (Å²) in [5, 5.41) is 11.9. The van der Waals surface area contributed by atoms with Gasteiger partial charge in [-0.15, -0.1) is 10.2 Å². The van der Waals surface area contributed by atoms with Crippen molar-refractivity contribution in [2.24, 2.45) is 0 Å². The van der Waals surface area contributed by atoms with Crippen LogP contribution in [0.4, 0.5) is 5.13 Å². The van der Waals surface area contributed by atoms with Gasteiger partial charge in [-0.2, -0.15) is 12.6 Å². The van der Waals surface area contributed by atoms with E-state index in [2.05, 4.69) is 35.1 Å². The van der Waals surface area contributed by atoms with Gasteiger partial charge in [0.25, 0.3) is 0 Å². The fraction of sp³-hybridized carbons (Fsp3) is 0.571. The van der Waals surface area contributed by atoms with Crippen LogP contribution in [0, 0.1) is 0 Å². The number of anilines is 1. The lowest BCUT2D eigenvalue weighted by molar-refractivity contribution is -0.113. The summed E-state index contributed by atoms with van der Waals surface area (Å²) in [5.41, 5.74) is 0. The van der Waals surface area contributed by atoms with Crippen LogP contribution in [0.5, 0.6) is 0 Å². The van der Waals surface area contributed by atoms with Crippen molar-refractivity contribution in [3.05, 3.63) is 5.01 Å². The summed E-state index contributed by atoms with van der Waals surface area (Å²) < 4.78 is 0. The first-order valence-corrected chi connectivity index (χ1v) is 5.44. The van der Waals surface area contributed by atoms with Crippen LogP contribution < -0.4 is 5.32 Å². The molecule has 0 spiro atoms. The van der Waals surface area contributed by atoms with Crippen molar-refractivity contribution in [1.82, 2.24) is 10.2 Å². The average molecular weight is 217 g/mol. The summed E-state index contributed by atoms with van der Waals surface area (Å²) in [6, 6.07) is 0. The minimum absolute atomic E-state index is 0.150. The highest BCUT2D eigenvalue weighted by Crippen LogP contribution is 2.16. The molecule has 1 aromatic heterocycles. The monoisotopic (exact) mass is 217 g/mol.